The standard InChI is InChI=1S/C23H24N2O4/c1-2-29-20(26)17-9-11-18(12-10-17)24-21(27)23(13-14-23)22(28)25-15-5-7-16-6-3-4-8-19(16)25/h3-4,6,8-12H,2,5,7,13-15H2,1H3,(H,24,27). The monoisotopic (exact) mass is 392 g/mol. The van der Waals surface area contributed by atoms with Gasteiger partial charge in [0.05, 0.1) is 12.2 Å². The molecule has 0 saturated heterocycles. The molecule has 2 aliphatic rings. The Morgan fingerprint density at radius 3 is 2.48 bits per heavy atom. The van der Waals surface area contributed by atoms with Gasteiger partial charge in [0, 0.05) is 17.9 Å². The van der Waals surface area contributed by atoms with Crippen molar-refractivity contribution >= 4 is 29.2 Å². The number of rotatable bonds is 5. The molecule has 29 heavy (non-hydrogen) atoms. The van der Waals surface area contributed by atoms with Gasteiger partial charge in [0.25, 0.3) is 0 Å². The Hall–Kier alpha value is -3.15. The molecule has 0 radical (unpaired) electrons. The molecule has 6 nitrogen and oxygen atoms in total. The molecule has 0 atom stereocenters. The van der Waals surface area contributed by atoms with Gasteiger partial charge in [-0.05, 0) is 68.5 Å². The van der Waals surface area contributed by atoms with Gasteiger partial charge in [-0.2, -0.15) is 0 Å². The third kappa shape index (κ3) is 3.62. The van der Waals surface area contributed by atoms with Gasteiger partial charge in [0.1, 0.15) is 5.41 Å². The average molecular weight is 392 g/mol. The van der Waals surface area contributed by atoms with E-state index in [-0.39, 0.29) is 11.8 Å². The van der Waals surface area contributed by atoms with Crippen LogP contribution in [0, 0.1) is 5.41 Å². The summed E-state index contributed by atoms with van der Waals surface area (Å²) >= 11 is 0. The summed E-state index contributed by atoms with van der Waals surface area (Å²) in [7, 11) is 0. The fourth-order valence-electron chi connectivity index (χ4n) is 3.82. The Labute approximate surface area is 169 Å². The summed E-state index contributed by atoms with van der Waals surface area (Å²) < 4.78 is 4.96. The molecule has 0 unspecified atom stereocenters. The maximum absolute atomic E-state index is 13.3. The molecule has 0 aromatic heterocycles. The number of para-hydroxylation sites is 1. The average Bonchev–Trinajstić information content (AvgIpc) is 3.56. The maximum Gasteiger partial charge on any atom is 0.338 e. The van der Waals surface area contributed by atoms with E-state index in [0.717, 1.165) is 24.1 Å². The zero-order valence-corrected chi connectivity index (χ0v) is 16.4. The molecule has 1 aliphatic heterocycles. The van der Waals surface area contributed by atoms with E-state index >= 15 is 0 Å². The lowest BCUT2D eigenvalue weighted by Crippen LogP contribution is -2.45. The van der Waals surface area contributed by atoms with Gasteiger partial charge in [-0.25, -0.2) is 4.79 Å². The van der Waals surface area contributed by atoms with Gasteiger partial charge in [-0.3, -0.25) is 9.59 Å². The number of anilines is 2. The Bertz CT molecular complexity index is 948. The largest absolute Gasteiger partial charge is 0.462 e. The second-order valence-corrected chi connectivity index (χ2v) is 7.52. The first kappa shape index (κ1) is 19.2. The highest BCUT2D eigenvalue weighted by Gasteiger charge is 2.58. The molecular formula is C23H24N2O4. The molecule has 2 aromatic rings. The number of carbonyl (C=O) groups excluding carboxylic acids is 3. The van der Waals surface area contributed by atoms with Crippen LogP contribution in [0.2, 0.25) is 0 Å². The minimum absolute atomic E-state index is 0.120. The summed E-state index contributed by atoms with van der Waals surface area (Å²) in [4.78, 5) is 39.8. The maximum atomic E-state index is 13.3. The molecule has 0 bridgehead atoms. The van der Waals surface area contributed by atoms with Gasteiger partial charge < -0.3 is 15.0 Å². The van der Waals surface area contributed by atoms with Gasteiger partial charge in [0.2, 0.25) is 11.8 Å². The summed E-state index contributed by atoms with van der Waals surface area (Å²) in [5.74, 6) is -0.803. The van der Waals surface area contributed by atoms with Crippen LogP contribution in [-0.2, 0) is 20.7 Å². The lowest BCUT2D eigenvalue weighted by atomic mass is 9.97. The predicted molar refractivity (Wildman–Crippen MR) is 110 cm³/mol. The fraction of sp³-hybridized carbons (Fsp3) is 0.348. The first-order chi connectivity index (χ1) is 14.0. The first-order valence-electron chi connectivity index (χ1n) is 10.0. The number of ether oxygens (including phenoxy) is 1. The Morgan fingerprint density at radius 2 is 1.79 bits per heavy atom. The number of fused-ring (bicyclic) bond motifs is 1. The second kappa shape index (κ2) is 7.70. The fourth-order valence-corrected chi connectivity index (χ4v) is 3.82. The number of amides is 2. The minimum Gasteiger partial charge on any atom is -0.462 e. The van der Waals surface area contributed by atoms with Crippen LogP contribution in [0.5, 0.6) is 0 Å². The van der Waals surface area contributed by atoms with Crippen molar-refractivity contribution in [1.82, 2.24) is 0 Å². The number of carbonyl (C=O) groups is 3. The highest BCUT2D eigenvalue weighted by molar-refractivity contribution is 6.18. The van der Waals surface area contributed by atoms with Crippen LogP contribution in [-0.4, -0.2) is 30.9 Å². The zero-order chi connectivity index (χ0) is 20.4. The predicted octanol–water partition coefficient (Wildman–Crippen LogP) is 3.56. The molecule has 1 aliphatic carbocycles. The van der Waals surface area contributed by atoms with E-state index in [1.807, 2.05) is 24.3 Å². The Kier molecular flexibility index (Phi) is 5.09. The summed E-state index contributed by atoms with van der Waals surface area (Å²) in [6.45, 7) is 2.69. The molecule has 1 saturated carbocycles. The summed E-state index contributed by atoms with van der Waals surface area (Å²) in [5, 5.41) is 2.85. The van der Waals surface area contributed by atoms with Gasteiger partial charge in [-0.1, -0.05) is 18.2 Å². The van der Waals surface area contributed by atoms with Crippen molar-refractivity contribution in [1.29, 1.82) is 0 Å². The molecule has 1 heterocycles. The van der Waals surface area contributed by atoms with E-state index in [1.54, 1.807) is 36.1 Å². The molecule has 4 rings (SSSR count). The topological polar surface area (TPSA) is 75.7 Å². The smallest absolute Gasteiger partial charge is 0.338 e. The highest BCUT2D eigenvalue weighted by atomic mass is 16.5. The summed E-state index contributed by atoms with van der Waals surface area (Å²) in [5.41, 5.74) is 2.05. The van der Waals surface area contributed by atoms with Crippen molar-refractivity contribution in [3.63, 3.8) is 0 Å². The summed E-state index contributed by atoms with van der Waals surface area (Å²) in [6.07, 6.45) is 2.95. The first-order valence-corrected chi connectivity index (χ1v) is 10.0. The van der Waals surface area contributed by atoms with Crippen LogP contribution in [0.4, 0.5) is 11.4 Å². The number of aryl methyl sites for hydroxylation is 1. The molecule has 2 amide bonds. The molecule has 1 fully saturated rings. The lowest BCUT2D eigenvalue weighted by Gasteiger charge is -2.32. The van der Waals surface area contributed by atoms with Crippen LogP contribution < -0.4 is 10.2 Å². The third-order valence-corrected chi connectivity index (χ3v) is 5.60. The zero-order valence-electron chi connectivity index (χ0n) is 16.4. The van der Waals surface area contributed by atoms with Crippen LogP contribution in [0.3, 0.4) is 0 Å². The van der Waals surface area contributed by atoms with Crippen LogP contribution >= 0.6 is 0 Å². The quantitative estimate of drug-likeness (QED) is 0.624. The number of hydrogen-bond acceptors (Lipinski definition) is 4. The van der Waals surface area contributed by atoms with E-state index in [9.17, 15) is 14.4 Å². The molecule has 2 aromatic carbocycles. The molecule has 0 spiro atoms. The number of nitrogens with zero attached hydrogens (tertiary/aromatic N) is 1. The second-order valence-electron chi connectivity index (χ2n) is 7.52. The van der Waals surface area contributed by atoms with Crippen molar-refractivity contribution in [2.24, 2.45) is 5.41 Å². The highest BCUT2D eigenvalue weighted by Crippen LogP contribution is 2.49. The lowest BCUT2D eigenvalue weighted by molar-refractivity contribution is -0.132. The van der Waals surface area contributed by atoms with Crippen molar-refractivity contribution in [3.05, 3.63) is 59.7 Å². The van der Waals surface area contributed by atoms with Gasteiger partial charge in [-0.15, -0.1) is 0 Å². The summed E-state index contributed by atoms with van der Waals surface area (Å²) in [6, 6.07) is 14.4. The van der Waals surface area contributed by atoms with Crippen molar-refractivity contribution in [3.8, 4) is 0 Å². The van der Waals surface area contributed by atoms with Gasteiger partial charge >= 0.3 is 5.97 Å². The van der Waals surface area contributed by atoms with Crippen molar-refractivity contribution in [2.45, 2.75) is 32.6 Å². The Morgan fingerprint density at radius 1 is 1.07 bits per heavy atom. The SMILES string of the molecule is CCOC(=O)c1ccc(NC(=O)C2(C(=O)N3CCCc4ccccc43)CC2)cc1. The van der Waals surface area contributed by atoms with Crippen LogP contribution in [0.25, 0.3) is 0 Å². The number of benzene rings is 2. The Balaban J connectivity index is 1.48. The minimum atomic E-state index is -0.996. The molecule has 1 N–H and O–H groups in total. The molecule has 150 valence electrons. The van der Waals surface area contributed by atoms with Crippen LogP contribution in [0.1, 0.15) is 42.1 Å². The van der Waals surface area contributed by atoms with E-state index in [2.05, 4.69) is 5.32 Å². The normalized spacial score (nSPS) is 16.5. The third-order valence-electron chi connectivity index (χ3n) is 5.60. The number of esters is 1. The van der Waals surface area contributed by atoms with Crippen molar-refractivity contribution < 1.29 is 19.1 Å². The van der Waals surface area contributed by atoms with Crippen molar-refractivity contribution in [2.75, 3.05) is 23.4 Å². The van der Waals surface area contributed by atoms with Gasteiger partial charge in [0.15, 0.2) is 0 Å². The van der Waals surface area contributed by atoms with Crippen LogP contribution in [0.15, 0.2) is 48.5 Å². The van der Waals surface area contributed by atoms with E-state index in [1.165, 1.54) is 0 Å². The van der Waals surface area contributed by atoms with E-state index < -0.39 is 11.4 Å². The molecule has 6 heteroatoms. The van der Waals surface area contributed by atoms with E-state index in [0.29, 0.717) is 37.2 Å². The number of nitrogens with one attached hydrogen (secondary N) is 1. The van der Waals surface area contributed by atoms with E-state index in [4.69, 9.17) is 4.74 Å². The molecular weight excluding hydrogens is 368 g/mol. The number of hydrogen-bond donors (Lipinski definition) is 1.